The van der Waals surface area contributed by atoms with E-state index >= 15 is 0 Å². The van der Waals surface area contributed by atoms with Crippen molar-refractivity contribution in [3.05, 3.63) is 10.6 Å². The maximum atomic E-state index is 11.7. The minimum absolute atomic E-state index is 0.0606. The highest BCUT2D eigenvalue weighted by Gasteiger charge is 2.15. The average Bonchev–Trinajstić information content (AvgIpc) is 2.53. The van der Waals surface area contributed by atoms with E-state index in [2.05, 4.69) is 10.3 Å². The summed E-state index contributed by atoms with van der Waals surface area (Å²) < 4.78 is 11.1. The predicted molar refractivity (Wildman–Crippen MR) is 67.1 cm³/mol. The molecule has 16 heavy (non-hydrogen) atoms. The first-order valence-electron chi connectivity index (χ1n) is 4.75. The van der Waals surface area contributed by atoms with E-state index in [0.29, 0.717) is 22.2 Å². The molecule has 1 amide bonds. The van der Waals surface area contributed by atoms with Crippen molar-refractivity contribution in [1.29, 1.82) is 0 Å². The second kappa shape index (κ2) is 5.40. The van der Waals surface area contributed by atoms with E-state index in [1.807, 2.05) is 6.92 Å². The van der Waals surface area contributed by atoms with Crippen LogP contribution in [0.3, 0.4) is 0 Å². The number of hydrogen-bond acceptors (Lipinski definition) is 5. The van der Waals surface area contributed by atoms with Gasteiger partial charge in [0, 0.05) is 28.9 Å². The Morgan fingerprint density at radius 1 is 1.69 bits per heavy atom. The zero-order chi connectivity index (χ0) is 12.3. The first-order valence-corrected chi connectivity index (χ1v) is 7.19. The second-order valence-electron chi connectivity index (χ2n) is 3.49. The Labute approximate surface area is 101 Å². The van der Waals surface area contributed by atoms with E-state index < -0.39 is 10.8 Å². The Balaban J connectivity index is 2.60. The quantitative estimate of drug-likeness (QED) is 0.828. The molecule has 0 fully saturated rings. The fourth-order valence-corrected chi connectivity index (χ4v) is 2.13. The molecular weight excluding hydrogens is 246 g/mol. The van der Waals surface area contributed by atoms with Crippen molar-refractivity contribution in [3.63, 3.8) is 0 Å². The standard InChI is InChI=1S/C9H15N3O2S2/c1-5(16(3)14)4-11-8(13)7-6(2)12-9(10)15-7/h5H,4H2,1-3H3,(H2,10,12)(H,11,13). The van der Waals surface area contributed by atoms with Crippen LogP contribution in [0.1, 0.15) is 22.3 Å². The summed E-state index contributed by atoms with van der Waals surface area (Å²) in [6.45, 7) is 3.95. The Bertz CT molecular complexity index is 417. The van der Waals surface area contributed by atoms with Crippen molar-refractivity contribution in [1.82, 2.24) is 10.3 Å². The molecule has 7 heteroatoms. The molecule has 90 valence electrons. The monoisotopic (exact) mass is 261 g/mol. The van der Waals surface area contributed by atoms with Gasteiger partial charge in [-0.25, -0.2) is 4.98 Å². The van der Waals surface area contributed by atoms with Gasteiger partial charge in [-0.15, -0.1) is 0 Å². The van der Waals surface area contributed by atoms with Crippen molar-refractivity contribution >= 4 is 33.2 Å². The summed E-state index contributed by atoms with van der Waals surface area (Å²) in [5, 5.41) is 3.04. The molecule has 1 rings (SSSR count). The molecule has 0 aliphatic heterocycles. The van der Waals surface area contributed by atoms with Gasteiger partial charge < -0.3 is 11.1 Å². The van der Waals surface area contributed by atoms with Gasteiger partial charge in [0.25, 0.3) is 5.91 Å². The van der Waals surface area contributed by atoms with Crippen molar-refractivity contribution < 1.29 is 9.00 Å². The summed E-state index contributed by atoms with van der Waals surface area (Å²) in [5.74, 6) is -0.205. The molecule has 0 aromatic carbocycles. The third-order valence-electron chi connectivity index (χ3n) is 2.14. The van der Waals surface area contributed by atoms with Gasteiger partial charge in [-0.3, -0.25) is 9.00 Å². The van der Waals surface area contributed by atoms with Crippen LogP contribution in [-0.2, 0) is 10.8 Å². The van der Waals surface area contributed by atoms with Gasteiger partial charge in [0.1, 0.15) is 4.88 Å². The smallest absolute Gasteiger partial charge is 0.263 e. The number of nitrogens with one attached hydrogen (secondary N) is 1. The molecule has 2 unspecified atom stereocenters. The molecule has 3 N–H and O–H groups in total. The number of rotatable bonds is 4. The highest BCUT2D eigenvalue weighted by molar-refractivity contribution is 7.84. The first-order chi connectivity index (χ1) is 7.41. The third kappa shape index (κ3) is 3.28. The maximum Gasteiger partial charge on any atom is 0.263 e. The van der Waals surface area contributed by atoms with Crippen molar-refractivity contribution in [2.75, 3.05) is 18.5 Å². The van der Waals surface area contributed by atoms with Gasteiger partial charge in [0.15, 0.2) is 5.13 Å². The SMILES string of the molecule is Cc1nc(N)sc1C(=O)NCC(C)S(C)=O. The lowest BCUT2D eigenvalue weighted by Gasteiger charge is -2.08. The first kappa shape index (κ1) is 13.1. The molecule has 5 nitrogen and oxygen atoms in total. The Morgan fingerprint density at radius 3 is 2.75 bits per heavy atom. The van der Waals surface area contributed by atoms with Crippen LogP contribution in [0.15, 0.2) is 0 Å². The summed E-state index contributed by atoms with van der Waals surface area (Å²) in [6, 6.07) is 0. The number of nitrogen functional groups attached to an aromatic ring is 1. The van der Waals surface area contributed by atoms with Gasteiger partial charge in [0.05, 0.1) is 5.69 Å². The number of aryl methyl sites for hydroxylation is 1. The number of carbonyl (C=O) groups excluding carboxylic acids is 1. The summed E-state index contributed by atoms with van der Waals surface area (Å²) in [7, 11) is -0.935. The normalized spacial score (nSPS) is 14.4. The molecule has 0 bridgehead atoms. The van der Waals surface area contributed by atoms with Crippen LogP contribution in [0.4, 0.5) is 5.13 Å². The fraction of sp³-hybridized carbons (Fsp3) is 0.556. The van der Waals surface area contributed by atoms with Gasteiger partial charge in [0.2, 0.25) is 0 Å². The van der Waals surface area contributed by atoms with E-state index in [4.69, 9.17) is 5.73 Å². The molecule has 0 spiro atoms. The molecule has 1 heterocycles. The van der Waals surface area contributed by atoms with Gasteiger partial charge in [-0.1, -0.05) is 11.3 Å². The van der Waals surface area contributed by atoms with Crippen LogP contribution in [0.2, 0.25) is 0 Å². The summed E-state index contributed by atoms with van der Waals surface area (Å²) in [5.41, 5.74) is 6.13. The minimum atomic E-state index is -0.935. The minimum Gasteiger partial charge on any atom is -0.375 e. The van der Waals surface area contributed by atoms with Crippen LogP contribution in [0.5, 0.6) is 0 Å². The summed E-state index contributed by atoms with van der Waals surface area (Å²) in [4.78, 5) is 16.2. The van der Waals surface area contributed by atoms with Crippen molar-refractivity contribution in [2.45, 2.75) is 19.1 Å². The van der Waals surface area contributed by atoms with E-state index in [-0.39, 0.29) is 11.2 Å². The number of anilines is 1. The zero-order valence-corrected chi connectivity index (χ0v) is 11.1. The maximum absolute atomic E-state index is 11.7. The topological polar surface area (TPSA) is 85.1 Å². The molecule has 0 aliphatic carbocycles. The highest BCUT2D eigenvalue weighted by atomic mass is 32.2. The molecule has 0 saturated carbocycles. The molecule has 0 aliphatic rings. The van der Waals surface area contributed by atoms with Crippen LogP contribution < -0.4 is 11.1 Å². The van der Waals surface area contributed by atoms with Gasteiger partial charge >= 0.3 is 0 Å². The molecule has 1 aromatic heterocycles. The third-order valence-corrected chi connectivity index (χ3v) is 4.42. The predicted octanol–water partition coefficient (Wildman–Crippen LogP) is 0.531. The zero-order valence-electron chi connectivity index (χ0n) is 9.44. The number of nitrogens with zero attached hydrogens (tertiary/aromatic N) is 1. The Hall–Kier alpha value is -0.950. The van der Waals surface area contributed by atoms with E-state index in [0.717, 1.165) is 11.3 Å². The second-order valence-corrected chi connectivity index (χ2v) is 6.32. The largest absolute Gasteiger partial charge is 0.375 e. The molecular formula is C9H15N3O2S2. The number of aromatic nitrogens is 1. The Kier molecular flexibility index (Phi) is 4.43. The molecule has 0 saturated heterocycles. The summed E-state index contributed by atoms with van der Waals surface area (Å²) in [6.07, 6.45) is 1.62. The van der Waals surface area contributed by atoms with Crippen LogP contribution in [0.25, 0.3) is 0 Å². The Morgan fingerprint density at radius 2 is 2.31 bits per heavy atom. The number of hydrogen-bond donors (Lipinski definition) is 2. The average molecular weight is 261 g/mol. The van der Waals surface area contributed by atoms with E-state index in [1.165, 1.54) is 0 Å². The van der Waals surface area contributed by atoms with E-state index in [1.54, 1.807) is 13.2 Å². The van der Waals surface area contributed by atoms with Crippen LogP contribution >= 0.6 is 11.3 Å². The molecule has 2 atom stereocenters. The lowest BCUT2D eigenvalue weighted by molar-refractivity contribution is 0.0957. The van der Waals surface area contributed by atoms with E-state index in [9.17, 15) is 9.00 Å². The fourth-order valence-electron chi connectivity index (χ4n) is 1.06. The number of amides is 1. The molecule has 0 radical (unpaired) electrons. The van der Waals surface area contributed by atoms with Crippen molar-refractivity contribution in [2.24, 2.45) is 0 Å². The van der Waals surface area contributed by atoms with Gasteiger partial charge in [-0.2, -0.15) is 0 Å². The lowest BCUT2D eigenvalue weighted by atomic mass is 10.3. The number of carbonyl (C=O) groups is 1. The van der Waals surface area contributed by atoms with Crippen LogP contribution in [0, 0.1) is 6.92 Å². The van der Waals surface area contributed by atoms with Gasteiger partial charge in [-0.05, 0) is 13.8 Å². The highest BCUT2D eigenvalue weighted by Crippen LogP contribution is 2.19. The van der Waals surface area contributed by atoms with Crippen LogP contribution in [-0.4, -0.2) is 33.2 Å². The van der Waals surface area contributed by atoms with Crippen molar-refractivity contribution in [3.8, 4) is 0 Å². The lowest BCUT2D eigenvalue weighted by Crippen LogP contribution is -2.32. The summed E-state index contributed by atoms with van der Waals surface area (Å²) >= 11 is 1.16. The number of nitrogens with two attached hydrogens (primary N) is 1. The number of thiazole rings is 1. The molecule has 1 aromatic rings.